The SMILES string of the molecule is CCOC(=O)c1cnn(C2CCCN(C3C=C(Cl)C=CC3(C)c3ccc(N4CCN(C(=O)OCCOC(F)(F)F)CC4)cc3)C2)c1C(F)(F)F. The molecule has 50 heavy (non-hydrogen) atoms. The number of likely N-dealkylation sites (tertiary alicyclic amines) is 1. The van der Waals surface area contributed by atoms with E-state index in [4.69, 9.17) is 21.1 Å². The highest BCUT2D eigenvalue weighted by Crippen LogP contribution is 2.42. The number of aromatic nitrogens is 2. The minimum Gasteiger partial charge on any atom is -0.462 e. The molecule has 2 fully saturated rings. The molecule has 3 unspecified atom stereocenters. The van der Waals surface area contributed by atoms with E-state index in [1.54, 1.807) is 0 Å². The number of allylic oxidation sites excluding steroid dienone is 2. The Hall–Kier alpha value is -3.76. The van der Waals surface area contributed by atoms with E-state index in [2.05, 4.69) is 19.6 Å². The van der Waals surface area contributed by atoms with Crippen molar-refractivity contribution in [3.8, 4) is 0 Å². The number of piperazine rings is 1. The number of carbonyl (C=O) groups excluding carboxylic acids is 2. The number of nitrogens with zero attached hydrogens (tertiary/aromatic N) is 5. The van der Waals surface area contributed by atoms with Crippen LogP contribution in [0.2, 0.25) is 0 Å². The highest BCUT2D eigenvalue weighted by atomic mass is 35.5. The Morgan fingerprint density at radius 1 is 1.00 bits per heavy atom. The predicted molar refractivity (Wildman–Crippen MR) is 171 cm³/mol. The number of anilines is 1. The number of halogens is 7. The third-order valence-electron chi connectivity index (χ3n) is 9.21. The zero-order valence-electron chi connectivity index (χ0n) is 27.5. The third-order valence-corrected chi connectivity index (χ3v) is 9.47. The van der Waals surface area contributed by atoms with Crippen LogP contribution >= 0.6 is 11.6 Å². The van der Waals surface area contributed by atoms with Crippen LogP contribution in [0.5, 0.6) is 0 Å². The van der Waals surface area contributed by atoms with Crippen LogP contribution in [0.25, 0.3) is 0 Å². The molecule has 3 heterocycles. The lowest BCUT2D eigenvalue weighted by Gasteiger charge is -2.46. The van der Waals surface area contributed by atoms with Gasteiger partial charge in [-0.15, -0.1) is 13.2 Å². The summed E-state index contributed by atoms with van der Waals surface area (Å²) in [4.78, 5) is 30.2. The fourth-order valence-electron chi connectivity index (χ4n) is 6.75. The molecule has 2 saturated heterocycles. The summed E-state index contributed by atoms with van der Waals surface area (Å²) in [6.45, 7) is 4.64. The van der Waals surface area contributed by atoms with Gasteiger partial charge in [0, 0.05) is 54.9 Å². The average Bonchev–Trinajstić information content (AvgIpc) is 3.55. The Morgan fingerprint density at radius 2 is 1.70 bits per heavy atom. The number of benzene rings is 1. The summed E-state index contributed by atoms with van der Waals surface area (Å²) in [5.74, 6) is -1.07. The number of ether oxygens (including phenoxy) is 3. The number of hydrogen-bond acceptors (Lipinski definition) is 8. The van der Waals surface area contributed by atoms with Crippen molar-refractivity contribution in [3.63, 3.8) is 0 Å². The van der Waals surface area contributed by atoms with Gasteiger partial charge in [-0.05, 0) is 56.2 Å². The van der Waals surface area contributed by atoms with E-state index in [1.165, 1.54) is 11.8 Å². The van der Waals surface area contributed by atoms with Gasteiger partial charge in [0.05, 0.1) is 25.5 Å². The summed E-state index contributed by atoms with van der Waals surface area (Å²) in [5.41, 5.74) is -0.479. The first-order valence-corrected chi connectivity index (χ1v) is 16.6. The van der Waals surface area contributed by atoms with Crippen molar-refractivity contribution >= 4 is 29.4 Å². The molecule has 3 atom stereocenters. The van der Waals surface area contributed by atoms with Gasteiger partial charge in [0.25, 0.3) is 0 Å². The summed E-state index contributed by atoms with van der Waals surface area (Å²) in [7, 11) is 0. The van der Waals surface area contributed by atoms with Crippen LogP contribution < -0.4 is 4.90 Å². The first-order valence-electron chi connectivity index (χ1n) is 16.2. The topological polar surface area (TPSA) is 89.4 Å². The van der Waals surface area contributed by atoms with Gasteiger partial charge in [0.1, 0.15) is 12.2 Å². The maximum atomic E-state index is 14.3. The van der Waals surface area contributed by atoms with Crippen molar-refractivity contribution < 1.29 is 50.1 Å². The van der Waals surface area contributed by atoms with Gasteiger partial charge in [-0.1, -0.05) is 36.7 Å². The minimum absolute atomic E-state index is 0.0662. The van der Waals surface area contributed by atoms with E-state index in [1.807, 2.05) is 49.4 Å². The van der Waals surface area contributed by atoms with Crippen LogP contribution in [0.4, 0.5) is 36.8 Å². The van der Waals surface area contributed by atoms with E-state index in [0.29, 0.717) is 50.6 Å². The first kappa shape index (κ1) is 37.5. The number of hydrogen-bond donors (Lipinski definition) is 0. The second-order valence-corrected chi connectivity index (χ2v) is 12.8. The number of alkyl halides is 6. The lowest BCUT2D eigenvalue weighted by atomic mass is 9.72. The largest absolute Gasteiger partial charge is 0.522 e. The van der Waals surface area contributed by atoms with Crippen molar-refractivity contribution in [1.29, 1.82) is 0 Å². The zero-order chi connectivity index (χ0) is 36.3. The summed E-state index contributed by atoms with van der Waals surface area (Å²) < 4.78 is 93.5. The third kappa shape index (κ3) is 8.57. The molecule has 3 aliphatic rings. The summed E-state index contributed by atoms with van der Waals surface area (Å²) in [6, 6.07) is 6.94. The van der Waals surface area contributed by atoms with Gasteiger partial charge in [0.2, 0.25) is 0 Å². The number of piperidine rings is 1. The first-order chi connectivity index (χ1) is 23.6. The van der Waals surface area contributed by atoms with Gasteiger partial charge >= 0.3 is 24.6 Å². The Morgan fingerprint density at radius 3 is 2.34 bits per heavy atom. The molecule has 1 aromatic carbocycles. The molecule has 0 bridgehead atoms. The lowest BCUT2D eigenvalue weighted by molar-refractivity contribution is -0.326. The number of carbonyl (C=O) groups is 2. The molecular formula is C33H38ClF6N5O5. The molecule has 0 N–H and O–H groups in total. The van der Waals surface area contributed by atoms with Gasteiger partial charge < -0.3 is 19.3 Å². The molecule has 1 aromatic heterocycles. The lowest BCUT2D eigenvalue weighted by Crippen LogP contribution is -2.52. The van der Waals surface area contributed by atoms with Crippen LogP contribution in [0.1, 0.15) is 54.3 Å². The molecule has 1 aliphatic carbocycles. The predicted octanol–water partition coefficient (Wildman–Crippen LogP) is 6.53. The zero-order valence-corrected chi connectivity index (χ0v) is 28.2. The van der Waals surface area contributed by atoms with E-state index in [0.717, 1.165) is 22.1 Å². The Labute approximate surface area is 290 Å². The molecule has 0 radical (unpaired) electrons. The maximum Gasteiger partial charge on any atom is 0.522 e. The van der Waals surface area contributed by atoms with E-state index in [9.17, 15) is 35.9 Å². The highest BCUT2D eigenvalue weighted by molar-refractivity contribution is 6.31. The number of esters is 1. The van der Waals surface area contributed by atoms with Gasteiger partial charge in [-0.25, -0.2) is 9.59 Å². The smallest absolute Gasteiger partial charge is 0.462 e. The second kappa shape index (κ2) is 15.2. The molecule has 5 rings (SSSR count). The minimum atomic E-state index is -4.82. The summed E-state index contributed by atoms with van der Waals surface area (Å²) in [5, 5.41) is 4.54. The van der Waals surface area contributed by atoms with Crippen LogP contribution in [0, 0.1) is 0 Å². The van der Waals surface area contributed by atoms with Crippen molar-refractivity contribution in [2.75, 3.05) is 64.0 Å². The average molecular weight is 734 g/mol. The quantitative estimate of drug-likeness (QED) is 0.163. The second-order valence-electron chi connectivity index (χ2n) is 12.4. The molecule has 2 aliphatic heterocycles. The van der Waals surface area contributed by atoms with Crippen molar-refractivity contribution in [3.05, 3.63) is 70.5 Å². The van der Waals surface area contributed by atoms with E-state index in [-0.39, 0.29) is 19.2 Å². The molecule has 17 heteroatoms. The van der Waals surface area contributed by atoms with Gasteiger partial charge in [0.15, 0.2) is 5.69 Å². The van der Waals surface area contributed by atoms with Crippen molar-refractivity contribution in [2.45, 2.75) is 56.7 Å². The molecule has 10 nitrogen and oxygen atoms in total. The molecule has 2 aromatic rings. The maximum absolute atomic E-state index is 14.3. The Kier molecular flexibility index (Phi) is 11.4. The van der Waals surface area contributed by atoms with Crippen LogP contribution in [0.3, 0.4) is 0 Å². The van der Waals surface area contributed by atoms with E-state index >= 15 is 0 Å². The normalized spacial score (nSPS) is 23.5. The molecule has 1 amide bonds. The van der Waals surface area contributed by atoms with Crippen LogP contribution in [-0.4, -0.2) is 103 Å². The molecule has 0 saturated carbocycles. The number of rotatable bonds is 9. The Bertz CT molecular complexity index is 1570. The monoisotopic (exact) mass is 733 g/mol. The molecular weight excluding hydrogens is 696 g/mol. The standard InChI is InChI=1S/C33H38ClF6N5O5/c1-3-48-29(46)26-20-41-45(28(26)32(35,36)37)25-5-4-12-44(21-25)27-19-23(34)10-11-31(27,2)22-6-8-24(9-7-22)42-13-15-43(16-14-42)30(47)49-17-18-50-33(38,39)40/h6-11,19-20,25,27H,3-5,12-18,21H2,1-2H3. The van der Waals surface area contributed by atoms with Crippen molar-refractivity contribution in [2.24, 2.45) is 0 Å². The summed E-state index contributed by atoms with van der Waals surface area (Å²) in [6.07, 6.45) is -2.65. The van der Waals surface area contributed by atoms with Crippen LogP contribution in [-0.2, 0) is 25.8 Å². The van der Waals surface area contributed by atoms with Gasteiger partial charge in [-0.3, -0.25) is 14.3 Å². The van der Waals surface area contributed by atoms with E-state index < -0.39 is 60.5 Å². The summed E-state index contributed by atoms with van der Waals surface area (Å²) >= 11 is 6.50. The Balaban J connectivity index is 1.27. The van der Waals surface area contributed by atoms with Crippen LogP contribution in [0.15, 0.2) is 53.7 Å². The van der Waals surface area contributed by atoms with Gasteiger partial charge in [-0.2, -0.15) is 18.3 Å². The molecule has 274 valence electrons. The fraction of sp³-hybridized carbons (Fsp3) is 0.545. The van der Waals surface area contributed by atoms with Crippen molar-refractivity contribution in [1.82, 2.24) is 19.6 Å². The number of amides is 1. The molecule has 0 spiro atoms. The fourth-order valence-corrected chi connectivity index (χ4v) is 6.94. The highest BCUT2D eigenvalue weighted by Gasteiger charge is 2.45.